The standard InChI is InChI=1S/C17H25NO3/c1-13-4-5-14-15(3-2-8-21-16(14)11-13)18-12-17(19)6-9-20-10-7-17/h4-5,11,15,18-19H,2-3,6-10,12H2,1H3. The molecule has 1 aromatic rings. The molecular formula is C17H25NO3. The summed E-state index contributed by atoms with van der Waals surface area (Å²) in [5.41, 5.74) is 1.81. The molecule has 2 heterocycles. The summed E-state index contributed by atoms with van der Waals surface area (Å²) in [6.45, 7) is 4.78. The topological polar surface area (TPSA) is 50.7 Å². The fraction of sp³-hybridized carbons (Fsp3) is 0.647. The molecule has 1 aromatic carbocycles. The van der Waals surface area contributed by atoms with E-state index in [1.54, 1.807) is 0 Å². The third kappa shape index (κ3) is 3.57. The van der Waals surface area contributed by atoms with Crippen LogP contribution in [0.2, 0.25) is 0 Å². The molecule has 0 aromatic heterocycles. The molecule has 0 bridgehead atoms. The Bertz CT molecular complexity index is 483. The molecule has 1 atom stereocenters. The van der Waals surface area contributed by atoms with Gasteiger partial charge in [0.1, 0.15) is 5.75 Å². The van der Waals surface area contributed by atoms with Crippen LogP contribution in [0.1, 0.15) is 42.9 Å². The Balaban J connectivity index is 1.70. The first kappa shape index (κ1) is 14.8. The molecular weight excluding hydrogens is 266 g/mol. The molecule has 0 spiro atoms. The van der Waals surface area contributed by atoms with Crippen molar-refractivity contribution in [2.75, 3.05) is 26.4 Å². The Morgan fingerprint density at radius 2 is 2.10 bits per heavy atom. The second kappa shape index (κ2) is 6.34. The van der Waals surface area contributed by atoms with Crippen molar-refractivity contribution in [1.82, 2.24) is 5.32 Å². The summed E-state index contributed by atoms with van der Waals surface area (Å²) in [5.74, 6) is 0.990. The lowest BCUT2D eigenvalue weighted by molar-refractivity contribution is -0.0629. The van der Waals surface area contributed by atoms with Crippen LogP contribution < -0.4 is 10.1 Å². The van der Waals surface area contributed by atoms with Gasteiger partial charge >= 0.3 is 0 Å². The lowest BCUT2D eigenvalue weighted by atomic mass is 9.93. The Hall–Kier alpha value is -1.10. The van der Waals surface area contributed by atoms with Crippen molar-refractivity contribution in [3.63, 3.8) is 0 Å². The molecule has 0 saturated carbocycles. The first-order valence-corrected chi connectivity index (χ1v) is 7.93. The van der Waals surface area contributed by atoms with Gasteiger partial charge in [-0.15, -0.1) is 0 Å². The van der Waals surface area contributed by atoms with Gasteiger partial charge in [-0.2, -0.15) is 0 Å². The molecule has 1 unspecified atom stereocenters. The third-order valence-corrected chi connectivity index (χ3v) is 4.54. The fourth-order valence-corrected chi connectivity index (χ4v) is 3.13. The Labute approximate surface area is 126 Å². The predicted octanol–water partition coefficient (Wildman–Crippen LogP) is 2.34. The molecule has 3 rings (SSSR count). The van der Waals surface area contributed by atoms with Crippen LogP contribution in [0.15, 0.2) is 18.2 Å². The minimum Gasteiger partial charge on any atom is -0.493 e. The zero-order valence-electron chi connectivity index (χ0n) is 12.7. The maximum atomic E-state index is 10.6. The number of nitrogens with one attached hydrogen (secondary N) is 1. The van der Waals surface area contributed by atoms with Crippen LogP contribution in [-0.4, -0.2) is 37.1 Å². The number of benzene rings is 1. The fourth-order valence-electron chi connectivity index (χ4n) is 3.13. The monoisotopic (exact) mass is 291 g/mol. The van der Waals surface area contributed by atoms with Crippen LogP contribution >= 0.6 is 0 Å². The normalized spacial score (nSPS) is 24.8. The quantitative estimate of drug-likeness (QED) is 0.897. The van der Waals surface area contributed by atoms with Gasteiger partial charge < -0.3 is 19.9 Å². The molecule has 2 aliphatic heterocycles. The van der Waals surface area contributed by atoms with E-state index < -0.39 is 5.60 Å². The molecule has 4 nitrogen and oxygen atoms in total. The van der Waals surface area contributed by atoms with Crippen LogP contribution in [0.25, 0.3) is 0 Å². The van der Waals surface area contributed by atoms with Crippen molar-refractivity contribution in [3.8, 4) is 5.75 Å². The number of hydrogen-bond donors (Lipinski definition) is 2. The Kier molecular flexibility index (Phi) is 4.48. The lowest BCUT2D eigenvalue weighted by Gasteiger charge is -2.34. The van der Waals surface area contributed by atoms with E-state index in [1.165, 1.54) is 11.1 Å². The van der Waals surface area contributed by atoms with Crippen LogP contribution in [0.4, 0.5) is 0 Å². The summed E-state index contributed by atoms with van der Waals surface area (Å²) in [6.07, 6.45) is 3.50. The van der Waals surface area contributed by atoms with Crippen LogP contribution in [-0.2, 0) is 4.74 Å². The zero-order valence-corrected chi connectivity index (χ0v) is 12.7. The maximum Gasteiger partial charge on any atom is 0.124 e. The van der Waals surface area contributed by atoms with E-state index in [0.29, 0.717) is 32.6 Å². The average Bonchev–Trinajstić information content (AvgIpc) is 2.67. The summed E-state index contributed by atoms with van der Waals surface area (Å²) in [4.78, 5) is 0. The molecule has 2 aliphatic rings. The molecule has 21 heavy (non-hydrogen) atoms. The van der Waals surface area contributed by atoms with Crippen molar-refractivity contribution < 1.29 is 14.6 Å². The summed E-state index contributed by atoms with van der Waals surface area (Å²) in [5, 5.41) is 14.2. The van der Waals surface area contributed by atoms with Gasteiger partial charge in [0.2, 0.25) is 0 Å². The molecule has 1 saturated heterocycles. The van der Waals surface area contributed by atoms with Gasteiger partial charge in [0.25, 0.3) is 0 Å². The lowest BCUT2D eigenvalue weighted by Crippen LogP contribution is -2.45. The number of ether oxygens (including phenoxy) is 2. The molecule has 2 N–H and O–H groups in total. The molecule has 4 heteroatoms. The Morgan fingerprint density at radius 1 is 1.29 bits per heavy atom. The van der Waals surface area contributed by atoms with Crippen LogP contribution in [0.5, 0.6) is 5.75 Å². The van der Waals surface area contributed by atoms with Gasteiger partial charge in [-0.25, -0.2) is 0 Å². The molecule has 116 valence electrons. The van der Waals surface area contributed by atoms with Gasteiger partial charge in [-0.3, -0.25) is 0 Å². The molecule has 0 radical (unpaired) electrons. The maximum absolute atomic E-state index is 10.6. The SMILES string of the molecule is Cc1ccc2c(c1)OCCCC2NCC1(O)CCOCC1. The van der Waals surface area contributed by atoms with Crippen molar-refractivity contribution in [2.24, 2.45) is 0 Å². The van der Waals surface area contributed by atoms with Gasteiger partial charge in [0, 0.05) is 44.2 Å². The highest BCUT2D eigenvalue weighted by atomic mass is 16.5. The number of fused-ring (bicyclic) bond motifs is 1. The van der Waals surface area contributed by atoms with Gasteiger partial charge in [0.15, 0.2) is 0 Å². The largest absolute Gasteiger partial charge is 0.493 e. The number of hydrogen-bond acceptors (Lipinski definition) is 4. The van der Waals surface area contributed by atoms with E-state index >= 15 is 0 Å². The Morgan fingerprint density at radius 3 is 2.90 bits per heavy atom. The number of aryl methyl sites for hydroxylation is 1. The van der Waals surface area contributed by atoms with Crippen molar-refractivity contribution in [1.29, 1.82) is 0 Å². The highest BCUT2D eigenvalue weighted by Gasteiger charge is 2.31. The predicted molar refractivity (Wildman–Crippen MR) is 81.7 cm³/mol. The molecule has 1 fully saturated rings. The van der Waals surface area contributed by atoms with E-state index in [2.05, 4.69) is 30.4 Å². The highest BCUT2D eigenvalue weighted by molar-refractivity contribution is 5.40. The van der Waals surface area contributed by atoms with E-state index in [9.17, 15) is 5.11 Å². The summed E-state index contributed by atoms with van der Waals surface area (Å²) in [7, 11) is 0. The highest BCUT2D eigenvalue weighted by Crippen LogP contribution is 2.33. The first-order chi connectivity index (χ1) is 10.2. The number of rotatable bonds is 3. The summed E-state index contributed by atoms with van der Waals surface area (Å²) < 4.78 is 11.2. The molecule has 0 aliphatic carbocycles. The third-order valence-electron chi connectivity index (χ3n) is 4.54. The van der Waals surface area contributed by atoms with E-state index in [4.69, 9.17) is 9.47 Å². The van der Waals surface area contributed by atoms with Crippen molar-refractivity contribution in [2.45, 2.75) is 44.2 Å². The van der Waals surface area contributed by atoms with Crippen molar-refractivity contribution in [3.05, 3.63) is 29.3 Å². The minimum atomic E-state index is -0.629. The zero-order chi connectivity index (χ0) is 14.7. The van der Waals surface area contributed by atoms with Gasteiger partial charge in [-0.1, -0.05) is 12.1 Å². The smallest absolute Gasteiger partial charge is 0.124 e. The van der Waals surface area contributed by atoms with E-state index in [-0.39, 0.29) is 6.04 Å². The summed E-state index contributed by atoms with van der Waals surface area (Å²) in [6, 6.07) is 6.65. The number of aliphatic hydroxyl groups is 1. The van der Waals surface area contributed by atoms with Crippen molar-refractivity contribution >= 4 is 0 Å². The van der Waals surface area contributed by atoms with Gasteiger partial charge in [0.05, 0.1) is 12.2 Å². The van der Waals surface area contributed by atoms with Crippen LogP contribution in [0, 0.1) is 6.92 Å². The van der Waals surface area contributed by atoms with E-state index in [1.807, 2.05) is 0 Å². The second-order valence-corrected chi connectivity index (χ2v) is 6.30. The second-order valence-electron chi connectivity index (χ2n) is 6.30. The van der Waals surface area contributed by atoms with Gasteiger partial charge in [-0.05, 0) is 31.4 Å². The average molecular weight is 291 g/mol. The first-order valence-electron chi connectivity index (χ1n) is 7.93. The van der Waals surface area contributed by atoms with E-state index in [0.717, 1.165) is 25.2 Å². The molecule has 0 amide bonds. The van der Waals surface area contributed by atoms with Crippen LogP contribution in [0.3, 0.4) is 0 Å². The minimum absolute atomic E-state index is 0.259. The summed E-state index contributed by atoms with van der Waals surface area (Å²) >= 11 is 0.